The highest BCUT2D eigenvalue weighted by Crippen LogP contribution is 2.36. The van der Waals surface area contributed by atoms with Gasteiger partial charge in [0.05, 0.1) is 12.0 Å². The van der Waals surface area contributed by atoms with Crippen LogP contribution in [0.25, 0.3) is 0 Å². The number of benzene rings is 2. The molecule has 2 atom stereocenters. The van der Waals surface area contributed by atoms with Crippen molar-refractivity contribution in [3.8, 4) is 0 Å². The van der Waals surface area contributed by atoms with Crippen LogP contribution in [0.1, 0.15) is 30.0 Å². The first-order valence-corrected chi connectivity index (χ1v) is 8.49. The molecule has 1 N–H and O–H groups in total. The number of carbonyl (C=O) groups excluding carboxylic acids is 2. The zero-order chi connectivity index (χ0) is 18.7. The lowest BCUT2D eigenvalue weighted by molar-refractivity contribution is -0.141. The van der Waals surface area contributed by atoms with Crippen LogP contribution >= 0.6 is 0 Å². The topological polar surface area (TPSA) is 49.4 Å². The Bertz CT molecular complexity index is 808. The molecule has 1 aliphatic heterocycles. The van der Waals surface area contributed by atoms with Crippen LogP contribution in [-0.2, 0) is 16.1 Å². The number of hydrogen-bond donors (Lipinski definition) is 1. The molecule has 4 nitrogen and oxygen atoms in total. The van der Waals surface area contributed by atoms with Crippen LogP contribution in [0.15, 0.2) is 48.5 Å². The lowest BCUT2D eigenvalue weighted by atomic mass is 9.84. The van der Waals surface area contributed by atoms with E-state index in [0.29, 0.717) is 17.5 Å². The van der Waals surface area contributed by atoms with E-state index in [0.717, 1.165) is 0 Å². The summed E-state index contributed by atoms with van der Waals surface area (Å²) in [5.41, 5.74) is 1.10. The minimum atomic E-state index is -0.477. The van der Waals surface area contributed by atoms with E-state index in [1.165, 1.54) is 23.1 Å². The molecule has 2 amide bonds. The van der Waals surface area contributed by atoms with Crippen molar-refractivity contribution in [3.63, 3.8) is 0 Å². The Hall–Kier alpha value is -2.76. The molecule has 0 spiro atoms. The molecule has 1 saturated heterocycles. The third-order valence-corrected chi connectivity index (χ3v) is 4.82. The Labute approximate surface area is 150 Å². The number of hydrogen-bond acceptors (Lipinski definition) is 2. The summed E-state index contributed by atoms with van der Waals surface area (Å²) in [6.45, 7) is 0.0792. The number of likely N-dealkylation sites (tertiary alicyclic amines) is 1. The van der Waals surface area contributed by atoms with Crippen molar-refractivity contribution in [2.75, 3.05) is 7.05 Å². The van der Waals surface area contributed by atoms with Gasteiger partial charge in [-0.2, -0.15) is 0 Å². The Morgan fingerprint density at radius 2 is 1.85 bits per heavy atom. The van der Waals surface area contributed by atoms with Gasteiger partial charge >= 0.3 is 0 Å². The Kier molecular flexibility index (Phi) is 5.30. The van der Waals surface area contributed by atoms with Gasteiger partial charge in [0.1, 0.15) is 11.6 Å². The summed E-state index contributed by atoms with van der Waals surface area (Å²) in [6, 6.07) is 11.6. The third kappa shape index (κ3) is 3.74. The van der Waals surface area contributed by atoms with Crippen LogP contribution in [0.2, 0.25) is 0 Å². The quantitative estimate of drug-likeness (QED) is 0.913. The van der Waals surface area contributed by atoms with Crippen LogP contribution in [0.5, 0.6) is 0 Å². The zero-order valence-corrected chi connectivity index (χ0v) is 14.4. The zero-order valence-electron chi connectivity index (χ0n) is 14.4. The third-order valence-electron chi connectivity index (χ3n) is 4.82. The minimum absolute atomic E-state index is 0.0579. The van der Waals surface area contributed by atoms with E-state index in [1.54, 1.807) is 37.4 Å². The smallest absolute Gasteiger partial charge is 0.225 e. The maximum atomic E-state index is 13.7. The molecule has 26 heavy (non-hydrogen) atoms. The number of carbonyl (C=O) groups is 2. The standard InChI is InChI=1S/C20H20F2N2O2/c1-24-18(25)11-10-16(19(24)13-6-8-15(21)9-7-13)20(26)23-12-14-4-2-3-5-17(14)22/h2-9,16,19H,10-12H2,1H3,(H,23,26)/t16-,19-/m0/s1. The average Bonchev–Trinajstić information content (AvgIpc) is 2.64. The second kappa shape index (κ2) is 7.64. The highest BCUT2D eigenvalue weighted by molar-refractivity contribution is 5.84. The number of nitrogens with zero attached hydrogens (tertiary/aromatic N) is 1. The van der Waals surface area contributed by atoms with E-state index in [9.17, 15) is 18.4 Å². The van der Waals surface area contributed by atoms with Gasteiger partial charge in [0.25, 0.3) is 0 Å². The molecule has 0 radical (unpaired) electrons. The van der Waals surface area contributed by atoms with Gasteiger partial charge in [0.15, 0.2) is 0 Å². The summed E-state index contributed by atoms with van der Waals surface area (Å²) in [7, 11) is 1.65. The highest BCUT2D eigenvalue weighted by atomic mass is 19.1. The molecule has 0 aromatic heterocycles. The molecule has 6 heteroatoms. The first-order chi connectivity index (χ1) is 12.5. The molecule has 0 bridgehead atoms. The molecular weight excluding hydrogens is 338 g/mol. The fraction of sp³-hybridized carbons (Fsp3) is 0.300. The number of rotatable bonds is 4. The van der Waals surface area contributed by atoms with Crippen molar-refractivity contribution >= 4 is 11.8 Å². The van der Waals surface area contributed by atoms with Crippen molar-refractivity contribution in [1.29, 1.82) is 0 Å². The second-order valence-corrected chi connectivity index (χ2v) is 6.46. The maximum absolute atomic E-state index is 13.7. The highest BCUT2D eigenvalue weighted by Gasteiger charge is 2.38. The lowest BCUT2D eigenvalue weighted by Crippen LogP contribution is -2.46. The van der Waals surface area contributed by atoms with Gasteiger partial charge in [0.2, 0.25) is 11.8 Å². The van der Waals surface area contributed by atoms with E-state index < -0.39 is 12.0 Å². The van der Waals surface area contributed by atoms with Crippen molar-refractivity contribution < 1.29 is 18.4 Å². The molecule has 0 aliphatic carbocycles. The van der Waals surface area contributed by atoms with E-state index >= 15 is 0 Å². The van der Waals surface area contributed by atoms with Crippen molar-refractivity contribution in [3.05, 3.63) is 71.3 Å². The molecule has 3 rings (SSSR count). The van der Waals surface area contributed by atoms with Crippen LogP contribution in [0, 0.1) is 17.6 Å². The van der Waals surface area contributed by atoms with Crippen LogP contribution < -0.4 is 5.32 Å². The summed E-state index contributed by atoms with van der Waals surface area (Å²) >= 11 is 0. The molecule has 1 aliphatic rings. The van der Waals surface area contributed by atoms with Gasteiger partial charge in [-0.1, -0.05) is 30.3 Å². The summed E-state index contributed by atoms with van der Waals surface area (Å²) in [4.78, 5) is 26.4. The van der Waals surface area contributed by atoms with E-state index in [2.05, 4.69) is 5.32 Å². The van der Waals surface area contributed by atoms with Crippen molar-refractivity contribution in [2.45, 2.75) is 25.4 Å². The first-order valence-electron chi connectivity index (χ1n) is 8.49. The Morgan fingerprint density at radius 3 is 2.54 bits per heavy atom. The average molecular weight is 358 g/mol. The number of halogens is 2. The Balaban J connectivity index is 1.79. The van der Waals surface area contributed by atoms with Crippen molar-refractivity contribution in [1.82, 2.24) is 10.2 Å². The number of amides is 2. The largest absolute Gasteiger partial charge is 0.352 e. The Morgan fingerprint density at radius 1 is 1.15 bits per heavy atom. The van der Waals surface area contributed by atoms with Crippen LogP contribution in [0.3, 0.4) is 0 Å². The molecule has 1 fully saturated rings. The van der Waals surface area contributed by atoms with E-state index in [-0.39, 0.29) is 36.4 Å². The van der Waals surface area contributed by atoms with Gasteiger partial charge in [-0.3, -0.25) is 9.59 Å². The normalized spacial score (nSPS) is 20.1. The molecule has 2 aromatic rings. The second-order valence-electron chi connectivity index (χ2n) is 6.46. The molecule has 136 valence electrons. The monoisotopic (exact) mass is 358 g/mol. The van der Waals surface area contributed by atoms with Gasteiger partial charge in [0, 0.05) is 25.6 Å². The molecule has 1 heterocycles. The van der Waals surface area contributed by atoms with Crippen LogP contribution in [-0.4, -0.2) is 23.8 Å². The number of nitrogens with one attached hydrogen (secondary N) is 1. The SMILES string of the molecule is CN1C(=O)CC[C@H](C(=O)NCc2ccccc2F)[C@@H]1c1ccc(F)cc1. The van der Waals surface area contributed by atoms with Gasteiger partial charge < -0.3 is 10.2 Å². The van der Waals surface area contributed by atoms with Crippen LogP contribution in [0.4, 0.5) is 8.78 Å². The summed E-state index contributed by atoms with van der Waals surface area (Å²) in [5, 5.41) is 2.77. The van der Waals surface area contributed by atoms with Crippen molar-refractivity contribution in [2.24, 2.45) is 5.92 Å². The van der Waals surface area contributed by atoms with Gasteiger partial charge in [-0.25, -0.2) is 8.78 Å². The molecule has 0 saturated carbocycles. The molecular formula is C20H20F2N2O2. The van der Waals surface area contributed by atoms with E-state index in [1.807, 2.05) is 0 Å². The van der Waals surface area contributed by atoms with Gasteiger partial charge in [-0.05, 0) is 30.2 Å². The predicted octanol–water partition coefficient (Wildman–Crippen LogP) is 3.19. The van der Waals surface area contributed by atoms with Gasteiger partial charge in [-0.15, -0.1) is 0 Å². The summed E-state index contributed by atoms with van der Waals surface area (Å²) in [5.74, 6) is -1.53. The minimum Gasteiger partial charge on any atom is -0.352 e. The maximum Gasteiger partial charge on any atom is 0.225 e. The molecule has 2 aromatic carbocycles. The van der Waals surface area contributed by atoms with E-state index in [4.69, 9.17) is 0 Å². The molecule has 0 unspecified atom stereocenters. The summed E-state index contributed by atoms with van der Waals surface area (Å²) in [6.07, 6.45) is 0.667. The lowest BCUT2D eigenvalue weighted by Gasteiger charge is -2.38. The number of piperidine rings is 1. The first kappa shape index (κ1) is 18.0. The summed E-state index contributed by atoms with van der Waals surface area (Å²) < 4.78 is 27.0. The fourth-order valence-corrected chi connectivity index (χ4v) is 3.38. The predicted molar refractivity (Wildman–Crippen MR) is 92.9 cm³/mol. The fourth-order valence-electron chi connectivity index (χ4n) is 3.38.